The lowest BCUT2D eigenvalue weighted by molar-refractivity contribution is 0.0954. The van der Waals surface area contributed by atoms with E-state index in [-0.39, 0.29) is 10.5 Å². The molecule has 0 bridgehead atoms. The lowest BCUT2D eigenvalue weighted by Crippen LogP contribution is -2.28. The first-order valence-electron chi connectivity index (χ1n) is 10.1. The van der Waals surface area contributed by atoms with Crippen LogP contribution in [0.5, 0.6) is 17.2 Å². The van der Waals surface area contributed by atoms with Crippen LogP contribution in [0.1, 0.15) is 35.7 Å². The van der Waals surface area contributed by atoms with Crippen molar-refractivity contribution in [2.45, 2.75) is 24.7 Å². The van der Waals surface area contributed by atoms with Crippen molar-refractivity contribution in [2.24, 2.45) is 5.10 Å². The molecule has 1 N–H and O–H groups in total. The Bertz CT molecular complexity index is 1100. The van der Waals surface area contributed by atoms with Gasteiger partial charge >= 0.3 is 0 Å². The summed E-state index contributed by atoms with van der Waals surface area (Å²) in [6.45, 7) is 2.71. The minimum atomic E-state index is -3.61. The van der Waals surface area contributed by atoms with Gasteiger partial charge in [0.05, 0.1) is 31.9 Å². The van der Waals surface area contributed by atoms with Gasteiger partial charge in [-0.1, -0.05) is 6.07 Å². The maximum Gasteiger partial charge on any atom is 0.271 e. The number of hydrogen-bond donors (Lipinski definition) is 1. The number of hydrogen-bond acceptors (Lipinski definition) is 7. The van der Waals surface area contributed by atoms with Gasteiger partial charge in [-0.15, -0.1) is 0 Å². The number of nitrogens with zero attached hydrogens (tertiary/aromatic N) is 2. The van der Waals surface area contributed by atoms with Crippen molar-refractivity contribution in [3.05, 3.63) is 47.5 Å². The Morgan fingerprint density at radius 1 is 0.969 bits per heavy atom. The second kappa shape index (κ2) is 10.0. The summed E-state index contributed by atoms with van der Waals surface area (Å²) in [5.41, 5.74) is 3.83. The maximum absolute atomic E-state index is 12.8. The maximum atomic E-state index is 12.8. The van der Waals surface area contributed by atoms with Gasteiger partial charge in [0.2, 0.25) is 15.8 Å². The van der Waals surface area contributed by atoms with E-state index in [1.807, 2.05) is 0 Å². The molecular formula is C22H27N3O6S. The molecule has 0 spiro atoms. The van der Waals surface area contributed by atoms with Gasteiger partial charge in [-0.2, -0.15) is 9.41 Å². The highest BCUT2D eigenvalue weighted by Gasteiger charge is 2.27. The van der Waals surface area contributed by atoms with E-state index >= 15 is 0 Å². The number of methoxy groups -OCH3 is 3. The molecule has 32 heavy (non-hydrogen) atoms. The zero-order valence-corrected chi connectivity index (χ0v) is 19.4. The van der Waals surface area contributed by atoms with Crippen molar-refractivity contribution < 1.29 is 27.4 Å². The number of hydrazone groups is 1. The van der Waals surface area contributed by atoms with Crippen LogP contribution in [-0.2, 0) is 10.0 Å². The molecule has 0 unspecified atom stereocenters. The van der Waals surface area contributed by atoms with Crippen molar-refractivity contribution in [2.75, 3.05) is 34.4 Å². The smallest absolute Gasteiger partial charge is 0.271 e. The third-order valence-corrected chi connectivity index (χ3v) is 7.10. The van der Waals surface area contributed by atoms with Crippen LogP contribution < -0.4 is 19.6 Å². The van der Waals surface area contributed by atoms with Gasteiger partial charge in [0, 0.05) is 24.2 Å². The summed E-state index contributed by atoms with van der Waals surface area (Å²) < 4.78 is 43.0. The topological polar surface area (TPSA) is 107 Å². The number of benzene rings is 2. The summed E-state index contributed by atoms with van der Waals surface area (Å²) in [6, 6.07) is 9.39. The first-order valence-corrected chi connectivity index (χ1v) is 11.5. The lowest BCUT2D eigenvalue weighted by Gasteiger charge is -2.16. The van der Waals surface area contributed by atoms with E-state index in [4.69, 9.17) is 14.2 Å². The van der Waals surface area contributed by atoms with Gasteiger partial charge in [0.25, 0.3) is 5.91 Å². The monoisotopic (exact) mass is 461 g/mol. The van der Waals surface area contributed by atoms with Crippen LogP contribution in [0.2, 0.25) is 0 Å². The number of carbonyl (C=O) groups excluding carboxylic acids is 1. The van der Waals surface area contributed by atoms with Gasteiger partial charge in [-0.3, -0.25) is 4.79 Å². The van der Waals surface area contributed by atoms with Crippen LogP contribution in [0.15, 0.2) is 46.4 Å². The first-order chi connectivity index (χ1) is 15.3. The fourth-order valence-electron chi connectivity index (χ4n) is 3.43. The average molecular weight is 462 g/mol. The molecule has 0 radical (unpaired) electrons. The summed E-state index contributed by atoms with van der Waals surface area (Å²) in [4.78, 5) is 12.7. The van der Waals surface area contributed by atoms with Gasteiger partial charge < -0.3 is 14.2 Å². The molecule has 172 valence electrons. The van der Waals surface area contributed by atoms with Crippen LogP contribution in [-0.4, -0.2) is 58.8 Å². The molecule has 1 amide bonds. The average Bonchev–Trinajstić information content (AvgIpc) is 3.37. The lowest BCUT2D eigenvalue weighted by atomic mass is 10.1. The Morgan fingerprint density at radius 2 is 1.59 bits per heavy atom. The molecule has 2 aromatic rings. The Kier molecular flexibility index (Phi) is 7.37. The number of amides is 1. The highest BCUT2D eigenvalue weighted by Crippen LogP contribution is 2.38. The minimum Gasteiger partial charge on any atom is -0.493 e. The van der Waals surface area contributed by atoms with Gasteiger partial charge in [0.1, 0.15) is 0 Å². The zero-order valence-electron chi connectivity index (χ0n) is 18.5. The molecule has 1 aliphatic rings. The largest absolute Gasteiger partial charge is 0.493 e. The normalized spacial score (nSPS) is 14.8. The summed E-state index contributed by atoms with van der Waals surface area (Å²) in [7, 11) is 0.925. The van der Waals surface area contributed by atoms with Crippen LogP contribution in [0.3, 0.4) is 0 Å². The number of nitrogens with one attached hydrogen (secondary N) is 1. The molecule has 3 rings (SSSR count). The summed E-state index contributed by atoms with van der Waals surface area (Å²) in [6.07, 6.45) is 1.68. The molecule has 9 nitrogen and oxygen atoms in total. The van der Waals surface area contributed by atoms with Crippen molar-refractivity contribution in [1.29, 1.82) is 0 Å². The van der Waals surface area contributed by atoms with Crippen LogP contribution in [0.25, 0.3) is 0 Å². The van der Waals surface area contributed by atoms with Crippen molar-refractivity contribution >= 4 is 21.6 Å². The molecule has 0 aliphatic carbocycles. The third kappa shape index (κ3) is 4.86. The van der Waals surface area contributed by atoms with E-state index in [1.54, 1.807) is 31.2 Å². The summed E-state index contributed by atoms with van der Waals surface area (Å²) in [5.74, 6) is 0.854. The number of carbonyl (C=O) groups is 1. The molecule has 1 heterocycles. The van der Waals surface area contributed by atoms with E-state index in [2.05, 4.69) is 10.5 Å². The van der Waals surface area contributed by atoms with E-state index in [0.29, 0.717) is 41.6 Å². The summed E-state index contributed by atoms with van der Waals surface area (Å²) >= 11 is 0. The molecule has 0 saturated carbocycles. The Morgan fingerprint density at radius 3 is 2.16 bits per heavy atom. The van der Waals surface area contributed by atoms with Gasteiger partial charge in [0.15, 0.2) is 11.5 Å². The predicted octanol–water partition coefficient (Wildman–Crippen LogP) is 2.65. The Hall–Kier alpha value is -3.11. The number of rotatable bonds is 8. The predicted molar refractivity (Wildman–Crippen MR) is 120 cm³/mol. The molecule has 0 aromatic heterocycles. The summed E-state index contributed by atoms with van der Waals surface area (Å²) in [5, 5.41) is 4.15. The molecule has 1 fully saturated rings. The Balaban J connectivity index is 1.81. The van der Waals surface area contributed by atoms with E-state index < -0.39 is 15.9 Å². The quantitative estimate of drug-likeness (QED) is 0.479. The van der Waals surface area contributed by atoms with Crippen LogP contribution in [0, 0.1) is 0 Å². The number of ether oxygens (including phenoxy) is 3. The zero-order chi connectivity index (χ0) is 23.3. The molecule has 1 aliphatic heterocycles. The van der Waals surface area contributed by atoms with Gasteiger partial charge in [-0.25, -0.2) is 13.8 Å². The molecule has 0 atom stereocenters. The van der Waals surface area contributed by atoms with E-state index in [1.165, 1.54) is 37.8 Å². The standard InChI is InChI=1S/C22H27N3O6S/c1-15(17-13-19(29-2)21(31-4)20(14-17)30-3)23-24-22(26)16-8-7-9-18(12-16)32(27,28)25-10-5-6-11-25/h7-9,12-14H,5-6,10-11H2,1-4H3,(H,24,26). The molecule has 2 aromatic carbocycles. The molecule has 1 saturated heterocycles. The second-order valence-electron chi connectivity index (χ2n) is 7.19. The second-order valence-corrected chi connectivity index (χ2v) is 9.13. The van der Waals surface area contributed by atoms with Crippen molar-refractivity contribution in [1.82, 2.24) is 9.73 Å². The fraction of sp³-hybridized carbons (Fsp3) is 0.364. The third-order valence-electron chi connectivity index (χ3n) is 5.21. The van der Waals surface area contributed by atoms with Crippen molar-refractivity contribution in [3.63, 3.8) is 0 Å². The SMILES string of the molecule is COc1cc(C(C)=NNC(=O)c2cccc(S(=O)(=O)N3CCCC3)c2)cc(OC)c1OC. The highest BCUT2D eigenvalue weighted by molar-refractivity contribution is 7.89. The minimum absolute atomic E-state index is 0.0948. The molecule has 10 heteroatoms. The van der Waals surface area contributed by atoms with Crippen molar-refractivity contribution in [3.8, 4) is 17.2 Å². The first kappa shape index (κ1) is 23.6. The van der Waals surface area contributed by atoms with Crippen LogP contribution >= 0.6 is 0 Å². The Labute approximate surface area is 188 Å². The number of sulfonamides is 1. The van der Waals surface area contributed by atoms with E-state index in [9.17, 15) is 13.2 Å². The van der Waals surface area contributed by atoms with E-state index in [0.717, 1.165) is 12.8 Å². The fourth-order valence-corrected chi connectivity index (χ4v) is 4.99. The van der Waals surface area contributed by atoms with Gasteiger partial charge in [-0.05, 0) is 50.1 Å². The highest BCUT2D eigenvalue weighted by atomic mass is 32.2. The van der Waals surface area contributed by atoms with Crippen LogP contribution in [0.4, 0.5) is 0 Å². The molecular weight excluding hydrogens is 434 g/mol.